The van der Waals surface area contributed by atoms with Crippen LogP contribution in [0.1, 0.15) is 26.2 Å². The summed E-state index contributed by atoms with van der Waals surface area (Å²) in [5.74, 6) is 2.05. The normalized spacial score (nSPS) is 15.7. The average molecular weight is 284 g/mol. The number of aliphatic imine (C=N–C) groups is 1. The second kappa shape index (κ2) is 7.63. The Kier molecular flexibility index (Phi) is 5.80. The minimum absolute atomic E-state index is 0.660. The average Bonchev–Trinajstić information content (AvgIpc) is 3.03. The van der Waals surface area contributed by atoms with Gasteiger partial charge < -0.3 is 10.6 Å². The van der Waals surface area contributed by atoms with E-state index in [2.05, 4.69) is 27.5 Å². The highest BCUT2D eigenvalue weighted by Crippen LogP contribution is 2.20. The Hall–Kier alpha value is -0.750. The van der Waals surface area contributed by atoms with Crippen LogP contribution in [-0.4, -0.2) is 35.8 Å². The summed E-state index contributed by atoms with van der Waals surface area (Å²) in [4.78, 5) is 8.82. The summed E-state index contributed by atoms with van der Waals surface area (Å²) in [6.45, 7) is 3.90. The van der Waals surface area contributed by atoms with Gasteiger partial charge in [-0.3, -0.25) is 4.99 Å². The van der Waals surface area contributed by atoms with Crippen molar-refractivity contribution in [2.24, 2.45) is 4.99 Å². The van der Waals surface area contributed by atoms with E-state index in [1.165, 1.54) is 12.8 Å². The van der Waals surface area contributed by atoms with Gasteiger partial charge in [-0.05, 0) is 26.2 Å². The van der Waals surface area contributed by atoms with Gasteiger partial charge in [0, 0.05) is 36.5 Å². The van der Waals surface area contributed by atoms with Crippen LogP contribution in [0, 0.1) is 0 Å². The third-order valence-electron chi connectivity index (χ3n) is 2.47. The Balaban J connectivity index is 1.61. The van der Waals surface area contributed by atoms with E-state index in [1.807, 2.05) is 23.3 Å². The molecule has 0 aliphatic heterocycles. The highest BCUT2D eigenvalue weighted by molar-refractivity contribution is 8.00. The largest absolute Gasteiger partial charge is 0.357 e. The molecule has 100 valence electrons. The number of hydrogen-bond acceptors (Lipinski definition) is 4. The molecule has 0 saturated heterocycles. The number of nitrogens with zero attached hydrogens (tertiary/aromatic N) is 2. The first kappa shape index (κ1) is 13.7. The highest BCUT2D eigenvalue weighted by atomic mass is 32.2. The van der Waals surface area contributed by atoms with Gasteiger partial charge in [0.25, 0.3) is 0 Å². The van der Waals surface area contributed by atoms with Crippen LogP contribution in [0.5, 0.6) is 0 Å². The zero-order chi connectivity index (χ0) is 12.6. The van der Waals surface area contributed by atoms with E-state index >= 15 is 0 Å². The van der Waals surface area contributed by atoms with Gasteiger partial charge >= 0.3 is 0 Å². The van der Waals surface area contributed by atoms with Gasteiger partial charge in [0.05, 0.1) is 0 Å². The summed E-state index contributed by atoms with van der Waals surface area (Å²) >= 11 is 3.52. The molecule has 0 aromatic carbocycles. The maximum absolute atomic E-state index is 4.58. The predicted octanol–water partition coefficient (Wildman–Crippen LogP) is 2.34. The Morgan fingerprint density at radius 3 is 3.17 bits per heavy atom. The number of aromatic nitrogens is 1. The van der Waals surface area contributed by atoms with E-state index in [-0.39, 0.29) is 0 Å². The molecule has 1 fully saturated rings. The lowest BCUT2D eigenvalue weighted by atomic mass is 10.5. The Bertz CT molecular complexity index is 360. The van der Waals surface area contributed by atoms with Crippen LogP contribution in [0.4, 0.5) is 0 Å². The van der Waals surface area contributed by atoms with Gasteiger partial charge in [-0.15, -0.1) is 11.3 Å². The Labute approximate surface area is 117 Å². The minimum Gasteiger partial charge on any atom is -0.357 e. The summed E-state index contributed by atoms with van der Waals surface area (Å²) in [6, 6.07) is 0.660. The topological polar surface area (TPSA) is 49.3 Å². The van der Waals surface area contributed by atoms with E-state index in [9.17, 15) is 0 Å². The monoisotopic (exact) mass is 284 g/mol. The number of rotatable bonds is 7. The van der Waals surface area contributed by atoms with Crippen LogP contribution in [-0.2, 0) is 0 Å². The van der Waals surface area contributed by atoms with Crippen LogP contribution in [0.3, 0.4) is 0 Å². The van der Waals surface area contributed by atoms with Crippen LogP contribution >= 0.6 is 23.1 Å². The molecule has 1 saturated carbocycles. The summed E-state index contributed by atoms with van der Waals surface area (Å²) in [5, 5.41) is 8.72. The van der Waals surface area contributed by atoms with Crippen molar-refractivity contribution in [3.05, 3.63) is 11.6 Å². The number of hydrogen-bond donors (Lipinski definition) is 2. The first-order chi connectivity index (χ1) is 8.88. The van der Waals surface area contributed by atoms with Crippen LogP contribution in [0.25, 0.3) is 0 Å². The van der Waals surface area contributed by atoms with Crippen molar-refractivity contribution >= 4 is 29.1 Å². The highest BCUT2D eigenvalue weighted by Gasteiger charge is 2.21. The molecule has 2 N–H and O–H groups in total. The molecule has 0 radical (unpaired) electrons. The van der Waals surface area contributed by atoms with Crippen LogP contribution in [0.15, 0.2) is 20.9 Å². The lowest BCUT2D eigenvalue weighted by molar-refractivity contribution is 0.805. The molecule has 1 aromatic rings. The molecule has 0 amide bonds. The van der Waals surface area contributed by atoms with Crippen molar-refractivity contribution in [2.75, 3.05) is 18.8 Å². The molecule has 0 atom stereocenters. The summed E-state index contributed by atoms with van der Waals surface area (Å²) in [6.07, 6.45) is 5.51. The van der Waals surface area contributed by atoms with Gasteiger partial charge in [0.1, 0.15) is 4.34 Å². The quantitative estimate of drug-likeness (QED) is 0.349. The van der Waals surface area contributed by atoms with Crippen molar-refractivity contribution in [1.29, 1.82) is 0 Å². The van der Waals surface area contributed by atoms with Crippen LogP contribution in [0.2, 0.25) is 0 Å². The molecule has 2 rings (SSSR count). The fraction of sp³-hybridized carbons (Fsp3) is 0.667. The van der Waals surface area contributed by atoms with Crippen molar-refractivity contribution in [2.45, 2.75) is 36.6 Å². The fourth-order valence-electron chi connectivity index (χ4n) is 1.44. The molecule has 0 spiro atoms. The molecule has 0 bridgehead atoms. The second-order valence-electron chi connectivity index (χ2n) is 4.18. The van der Waals surface area contributed by atoms with E-state index in [4.69, 9.17) is 0 Å². The molecule has 1 aromatic heterocycles. The molecular formula is C12H20N4S2. The lowest BCUT2D eigenvalue weighted by Crippen LogP contribution is -2.38. The number of guanidine groups is 1. The first-order valence-corrected chi connectivity index (χ1v) is 8.32. The van der Waals surface area contributed by atoms with Gasteiger partial charge in [-0.1, -0.05) is 11.8 Å². The predicted molar refractivity (Wildman–Crippen MR) is 79.6 cm³/mol. The molecule has 0 unspecified atom stereocenters. The summed E-state index contributed by atoms with van der Waals surface area (Å²) in [7, 11) is 0. The second-order valence-corrected chi connectivity index (χ2v) is 6.42. The van der Waals surface area contributed by atoms with E-state index in [0.29, 0.717) is 6.04 Å². The standard InChI is InChI=1S/C12H20N4S2/c1-2-13-11(16-10-4-5-10)14-6-3-8-17-12-15-7-9-18-12/h7,9-10H,2-6,8H2,1H3,(H2,13,14,16). The van der Waals surface area contributed by atoms with Crippen LogP contribution < -0.4 is 10.6 Å². The van der Waals surface area contributed by atoms with Gasteiger partial charge in [0.15, 0.2) is 5.96 Å². The smallest absolute Gasteiger partial charge is 0.191 e. The SMILES string of the molecule is CCNC(=NCCCSc1nccs1)NC1CC1. The molecule has 18 heavy (non-hydrogen) atoms. The number of thioether (sulfide) groups is 1. The maximum Gasteiger partial charge on any atom is 0.191 e. The molecule has 1 aliphatic carbocycles. The molecule has 6 heteroatoms. The van der Waals surface area contributed by atoms with Crippen molar-refractivity contribution in [1.82, 2.24) is 15.6 Å². The molecule has 4 nitrogen and oxygen atoms in total. The van der Waals surface area contributed by atoms with Gasteiger partial charge in [-0.25, -0.2) is 4.98 Å². The van der Waals surface area contributed by atoms with Crippen molar-refractivity contribution in [3.63, 3.8) is 0 Å². The Morgan fingerprint density at radius 1 is 1.61 bits per heavy atom. The van der Waals surface area contributed by atoms with Gasteiger partial charge in [-0.2, -0.15) is 0 Å². The minimum atomic E-state index is 0.660. The first-order valence-electron chi connectivity index (χ1n) is 6.45. The third kappa shape index (κ3) is 5.27. The zero-order valence-electron chi connectivity index (χ0n) is 10.7. The molecule has 1 heterocycles. The van der Waals surface area contributed by atoms with Crippen molar-refractivity contribution < 1.29 is 0 Å². The molecule has 1 aliphatic rings. The fourth-order valence-corrected chi connectivity index (χ4v) is 3.07. The van der Waals surface area contributed by atoms with E-state index in [0.717, 1.165) is 35.6 Å². The molecular weight excluding hydrogens is 264 g/mol. The van der Waals surface area contributed by atoms with Crippen molar-refractivity contribution in [3.8, 4) is 0 Å². The van der Waals surface area contributed by atoms with E-state index in [1.54, 1.807) is 11.3 Å². The zero-order valence-corrected chi connectivity index (χ0v) is 12.3. The van der Waals surface area contributed by atoms with Gasteiger partial charge in [0.2, 0.25) is 0 Å². The maximum atomic E-state index is 4.58. The summed E-state index contributed by atoms with van der Waals surface area (Å²) < 4.78 is 1.15. The number of thiazole rings is 1. The lowest BCUT2D eigenvalue weighted by Gasteiger charge is -2.09. The van der Waals surface area contributed by atoms with E-state index < -0.39 is 0 Å². The Morgan fingerprint density at radius 2 is 2.50 bits per heavy atom. The summed E-state index contributed by atoms with van der Waals surface area (Å²) in [5.41, 5.74) is 0. The number of nitrogens with one attached hydrogen (secondary N) is 2. The third-order valence-corrected chi connectivity index (χ3v) is 4.52.